The normalized spacial score (nSPS) is 14.7. The van der Waals surface area contributed by atoms with Gasteiger partial charge in [-0.1, -0.05) is 0 Å². The number of nitrogens with zero attached hydrogens (tertiary/aromatic N) is 1. The van der Waals surface area contributed by atoms with Crippen LogP contribution in [-0.2, 0) is 14.4 Å². The van der Waals surface area contributed by atoms with Crippen LogP contribution < -0.4 is 9.64 Å². The number of Topliss-reactive ketones (excluding diaryl/α,β-unsaturated/α-hetero) is 1. The maximum atomic E-state index is 12.0. The topological polar surface area (TPSA) is 121 Å². The molecule has 1 aromatic rings. The molecule has 1 aliphatic rings. The van der Waals surface area contributed by atoms with Crippen LogP contribution in [0.4, 0.5) is 5.69 Å². The van der Waals surface area contributed by atoms with E-state index in [-0.39, 0.29) is 30.7 Å². The van der Waals surface area contributed by atoms with Crippen molar-refractivity contribution < 1.29 is 34.1 Å². The van der Waals surface area contributed by atoms with E-state index in [4.69, 9.17) is 14.9 Å². The van der Waals surface area contributed by atoms with Crippen molar-refractivity contribution in [3.05, 3.63) is 23.8 Å². The number of aliphatic carboxylic acids is 2. The minimum absolute atomic E-state index is 0.183. The smallest absolute Gasteiger partial charge is 0.326 e. The first kappa shape index (κ1) is 16.5. The number of anilines is 1. The molecule has 0 aliphatic carbocycles. The molecular weight excluding hydrogens is 306 g/mol. The molecular formula is C15H15NO7. The number of carboxylic acids is 2. The third kappa shape index (κ3) is 3.47. The first-order chi connectivity index (χ1) is 10.8. The van der Waals surface area contributed by atoms with E-state index in [1.54, 1.807) is 0 Å². The number of carbonyl (C=O) groups is 4. The minimum Gasteiger partial charge on any atom is -0.482 e. The van der Waals surface area contributed by atoms with Crippen LogP contribution in [0.5, 0.6) is 5.75 Å². The van der Waals surface area contributed by atoms with Gasteiger partial charge >= 0.3 is 11.9 Å². The fraction of sp³-hybridized carbons (Fsp3) is 0.333. The number of amides is 1. The highest BCUT2D eigenvalue weighted by molar-refractivity contribution is 6.05. The van der Waals surface area contributed by atoms with E-state index in [1.807, 2.05) is 0 Å². The van der Waals surface area contributed by atoms with Crippen LogP contribution >= 0.6 is 0 Å². The zero-order valence-electron chi connectivity index (χ0n) is 12.3. The molecule has 1 aromatic carbocycles. The largest absolute Gasteiger partial charge is 0.482 e. The standard InChI is InChI=1S/C15H15NO7/c1-8(15(21)22)16-10-6-9(11(17)3-5-14(19)20)2-4-12(10)23-7-13(16)18/h2,4,6,8H,3,5,7H2,1H3,(H,19,20)(H,21,22)/t8-/m1/s1. The Labute approximate surface area is 131 Å². The van der Waals surface area contributed by atoms with Gasteiger partial charge in [0.25, 0.3) is 5.91 Å². The molecule has 1 aliphatic heterocycles. The van der Waals surface area contributed by atoms with Crippen molar-refractivity contribution in [1.29, 1.82) is 0 Å². The van der Waals surface area contributed by atoms with E-state index >= 15 is 0 Å². The summed E-state index contributed by atoms with van der Waals surface area (Å²) in [6, 6.07) is 3.17. The molecule has 0 unspecified atom stereocenters. The molecule has 8 nitrogen and oxygen atoms in total. The Balaban J connectivity index is 2.35. The van der Waals surface area contributed by atoms with Gasteiger partial charge in [0.2, 0.25) is 0 Å². The van der Waals surface area contributed by atoms with Gasteiger partial charge < -0.3 is 14.9 Å². The predicted molar refractivity (Wildman–Crippen MR) is 77.7 cm³/mol. The molecule has 0 aromatic heterocycles. The first-order valence-electron chi connectivity index (χ1n) is 6.88. The molecule has 0 bridgehead atoms. The van der Waals surface area contributed by atoms with Crippen LogP contribution in [0.2, 0.25) is 0 Å². The van der Waals surface area contributed by atoms with Crippen LogP contribution in [0, 0.1) is 0 Å². The molecule has 0 spiro atoms. The molecule has 2 N–H and O–H groups in total. The summed E-state index contributed by atoms with van der Waals surface area (Å²) in [4.78, 5) is 46.8. The summed E-state index contributed by atoms with van der Waals surface area (Å²) in [6.45, 7) is 1.07. The molecule has 8 heteroatoms. The fourth-order valence-electron chi connectivity index (χ4n) is 2.24. The Morgan fingerprint density at radius 3 is 2.57 bits per heavy atom. The maximum Gasteiger partial charge on any atom is 0.326 e. The Morgan fingerprint density at radius 2 is 1.96 bits per heavy atom. The monoisotopic (exact) mass is 321 g/mol. The number of carboxylic acid groups (broad SMARTS) is 2. The number of fused-ring (bicyclic) bond motifs is 1. The van der Waals surface area contributed by atoms with Gasteiger partial charge in [-0.25, -0.2) is 4.79 Å². The first-order valence-corrected chi connectivity index (χ1v) is 6.88. The summed E-state index contributed by atoms with van der Waals surface area (Å²) in [5.74, 6) is -2.91. The van der Waals surface area contributed by atoms with Gasteiger partial charge in [-0.15, -0.1) is 0 Å². The van der Waals surface area contributed by atoms with Gasteiger partial charge in [-0.2, -0.15) is 0 Å². The van der Waals surface area contributed by atoms with E-state index in [2.05, 4.69) is 0 Å². The highest BCUT2D eigenvalue weighted by atomic mass is 16.5. The van der Waals surface area contributed by atoms with Crippen LogP contribution in [0.1, 0.15) is 30.1 Å². The van der Waals surface area contributed by atoms with E-state index in [9.17, 15) is 19.2 Å². The van der Waals surface area contributed by atoms with Gasteiger partial charge in [-0.3, -0.25) is 19.3 Å². The molecule has 2 rings (SSSR count). The molecule has 1 amide bonds. The van der Waals surface area contributed by atoms with Gasteiger partial charge in [0, 0.05) is 12.0 Å². The van der Waals surface area contributed by atoms with Gasteiger partial charge in [0.05, 0.1) is 12.1 Å². The Morgan fingerprint density at radius 1 is 1.26 bits per heavy atom. The number of benzene rings is 1. The predicted octanol–water partition coefficient (Wildman–Crippen LogP) is 0.933. The number of rotatable bonds is 6. The highest BCUT2D eigenvalue weighted by Gasteiger charge is 2.33. The summed E-state index contributed by atoms with van der Waals surface area (Å²) in [5, 5.41) is 17.8. The summed E-state index contributed by atoms with van der Waals surface area (Å²) < 4.78 is 5.24. The molecule has 122 valence electrons. The summed E-state index contributed by atoms with van der Waals surface area (Å²) in [6.07, 6.45) is -0.488. The van der Waals surface area contributed by atoms with Crippen molar-refractivity contribution in [2.45, 2.75) is 25.8 Å². The number of hydrogen-bond donors (Lipinski definition) is 2. The van der Waals surface area contributed by atoms with Crippen molar-refractivity contribution in [2.24, 2.45) is 0 Å². The SMILES string of the molecule is C[C@H](C(=O)O)N1C(=O)COc2ccc(C(=O)CCC(=O)O)cc21. The number of carbonyl (C=O) groups excluding carboxylic acids is 2. The number of ether oxygens (including phenoxy) is 1. The molecule has 23 heavy (non-hydrogen) atoms. The lowest BCUT2D eigenvalue weighted by Crippen LogP contribution is -2.48. The second-order valence-electron chi connectivity index (χ2n) is 5.07. The van der Waals surface area contributed by atoms with Gasteiger partial charge in [-0.05, 0) is 25.1 Å². The lowest BCUT2D eigenvalue weighted by molar-refractivity contribution is -0.140. The molecule has 0 radical (unpaired) electrons. The van der Waals surface area contributed by atoms with Crippen LogP contribution in [0.15, 0.2) is 18.2 Å². The molecule has 1 atom stereocenters. The Bertz CT molecular complexity index is 682. The van der Waals surface area contributed by atoms with Crippen molar-refractivity contribution >= 4 is 29.3 Å². The van der Waals surface area contributed by atoms with E-state index in [0.29, 0.717) is 5.75 Å². The lowest BCUT2D eigenvalue weighted by atomic mass is 10.0. The van der Waals surface area contributed by atoms with Gasteiger partial charge in [0.1, 0.15) is 11.8 Å². The number of ketones is 1. The molecule has 0 fully saturated rings. The lowest BCUT2D eigenvalue weighted by Gasteiger charge is -2.32. The van der Waals surface area contributed by atoms with Crippen LogP contribution in [0.3, 0.4) is 0 Å². The van der Waals surface area contributed by atoms with Crippen LogP contribution in [-0.4, -0.2) is 46.5 Å². The summed E-state index contributed by atoms with van der Waals surface area (Å²) in [5.41, 5.74) is 0.392. The van der Waals surface area contributed by atoms with Crippen LogP contribution in [0.25, 0.3) is 0 Å². The zero-order valence-corrected chi connectivity index (χ0v) is 12.3. The average Bonchev–Trinajstić information content (AvgIpc) is 2.51. The Hall–Kier alpha value is -2.90. The average molecular weight is 321 g/mol. The van der Waals surface area contributed by atoms with E-state index in [1.165, 1.54) is 25.1 Å². The fourth-order valence-corrected chi connectivity index (χ4v) is 2.24. The van der Waals surface area contributed by atoms with Gasteiger partial charge in [0.15, 0.2) is 12.4 Å². The van der Waals surface area contributed by atoms with Crippen molar-refractivity contribution in [1.82, 2.24) is 0 Å². The quantitative estimate of drug-likeness (QED) is 0.747. The summed E-state index contributed by atoms with van der Waals surface area (Å²) in [7, 11) is 0. The molecule has 0 saturated carbocycles. The minimum atomic E-state index is -1.19. The zero-order chi connectivity index (χ0) is 17.1. The third-order valence-corrected chi connectivity index (χ3v) is 3.47. The van der Waals surface area contributed by atoms with E-state index < -0.39 is 29.7 Å². The van der Waals surface area contributed by atoms with Crippen molar-refractivity contribution in [3.63, 3.8) is 0 Å². The molecule has 1 heterocycles. The summed E-state index contributed by atoms with van der Waals surface area (Å²) >= 11 is 0. The maximum absolute atomic E-state index is 12.0. The Kier molecular flexibility index (Phi) is 4.63. The van der Waals surface area contributed by atoms with Crippen molar-refractivity contribution in [3.8, 4) is 5.75 Å². The second-order valence-corrected chi connectivity index (χ2v) is 5.07. The van der Waals surface area contributed by atoms with E-state index in [0.717, 1.165) is 4.90 Å². The molecule has 0 saturated heterocycles. The van der Waals surface area contributed by atoms with Crippen molar-refractivity contribution in [2.75, 3.05) is 11.5 Å². The number of hydrogen-bond acceptors (Lipinski definition) is 5. The third-order valence-electron chi connectivity index (χ3n) is 3.47. The highest BCUT2D eigenvalue weighted by Crippen LogP contribution is 2.34. The second kappa shape index (κ2) is 6.47.